The van der Waals surface area contributed by atoms with Crippen LogP contribution in [0.25, 0.3) is 0 Å². The van der Waals surface area contributed by atoms with E-state index in [9.17, 15) is 9.59 Å². The van der Waals surface area contributed by atoms with E-state index in [-0.39, 0.29) is 11.7 Å². The van der Waals surface area contributed by atoms with Crippen molar-refractivity contribution in [2.45, 2.75) is 19.3 Å². The summed E-state index contributed by atoms with van der Waals surface area (Å²) < 4.78 is 0. The van der Waals surface area contributed by atoms with Gasteiger partial charge in [-0.15, -0.1) is 0 Å². The molecule has 0 radical (unpaired) electrons. The predicted octanol–water partition coefficient (Wildman–Crippen LogP) is 2.29. The minimum atomic E-state index is 0.0824. The fraction of sp³-hybridized carbons (Fsp3) is 0.556. The van der Waals surface area contributed by atoms with Gasteiger partial charge in [-0.05, 0) is 32.3 Å². The second kappa shape index (κ2) is 9.04. The molecule has 132 valence electrons. The standard InChI is InChI=1S/C18H26ClN3O2/c1-20(2)9-8-17(23)6-7-18(24)22-12-10-21(11-13-22)16-5-3-4-15(19)14-16/h3-5,14H,6-13H2,1-2H3. The number of carbonyl (C=O) groups is 2. The molecule has 6 heteroatoms. The molecule has 0 atom stereocenters. The summed E-state index contributed by atoms with van der Waals surface area (Å²) in [4.78, 5) is 30.1. The monoisotopic (exact) mass is 351 g/mol. The van der Waals surface area contributed by atoms with Gasteiger partial charge < -0.3 is 14.7 Å². The zero-order valence-corrected chi connectivity index (χ0v) is 15.3. The van der Waals surface area contributed by atoms with E-state index in [2.05, 4.69) is 4.90 Å². The minimum absolute atomic E-state index is 0.0824. The van der Waals surface area contributed by atoms with Crippen molar-refractivity contribution < 1.29 is 9.59 Å². The molecular weight excluding hydrogens is 326 g/mol. The summed E-state index contributed by atoms with van der Waals surface area (Å²) in [6.45, 7) is 3.71. The van der Waals surface area contributed by atoms with Gasteiger partial charge in [-0.25, -0.2) is 0 Å². The first-order chi connectivity index (χ1) is 11.5. The van der Waals surface area contributed by atoms with E-state index in [0.29, 0.717) is 32.4 Å². The summed E-state index contributed by atoms with van der Waals surface area (Å²) in [5.74, 6) is 0.244. The number of anilines is 1. The molecule has 0 spiro atoms. The number of piperazine rings is 1. The third kappa shape index (κ3) is 5.80. The van der Waals surface area contributed by atoms with Gasteiger partial charge in [-0.2, -0.15) is 0 Å². The van der Waals surface area contributed by atoms with Gasteiger partial charge in [-0.1, -0.05) is 17.7 Å². The van der Waals surface area contributed by atoms with E-state index in [0.717, 1.165) is 30.3 Å². The summed E-state index contributed by atoms with van der Waals surface area (Å²) in [6, 6.07) is 7.78. The van der Waals surface area contributed by atoms with Crippen molar-refractivity contribution in [2.75, 3.05) is 51.7 Å². The van der Waals surface area contributed by atoms with Crippen LogP contribution in [0.5, 0.6) is 0 Å². The lowest BCUT2D eigenvalue weighted by atomic mass is 10.1. The molecule has 1 amide bonds. The van der Waals surface area contributed by atoms with Gasteiger partial charge in [0.1, 0.15) is 5.78 Å². The molecule has 0 N–H and O–H groups in total. The second-order valence-corrected chi connectivity index (χ2v) is 6.88. The molecule has 1 heterocycles. The van der Waals surface area contributed by atoms with Crippen LogP contribution in [-0.4, -0.2) is 68.3 Å². The van der Waals surface area contributed by atoms with Gasteiger partial charge in [0, 0.05) is 62.7 Å². The normalized spacial score (nSPS) is 15.0. The quantitative estimate of drug-likeness (QED) is 0.756. The first-order valence-electron chi connectivity index (χ1n) is 8.40. The van der Waals surface area contributed by atoms with E-state index in [1.807, 2.05) is 48.2 Å². The smallest absolute Gasteiger partial charge is 0.223 e. The number of hydrogen-bond donors (Lipinski definition) is 0. The Balaban J connectivity index is 1.73. The summed E-state index contributed by atoms with van der Waals surface area (Å²) in [5.41, 5.74) is 1.09. The molecule has 0 unspecified atom stereocenters. The molecule has 1 aromatic rings. The molecule has 5 nitrogen and oxygen atoms in total. The van der Waals surface area contributed by atoms with E-state index in [4.69, 9.17) is 11.6 Å². The lowest BCUT2D eigenvalue weighted by Crippen LogP contribution is -2.48. The van der Waals surface area contributed by atoms with Crippen LogP contribution in [0.1, 0.15) is 19.3 Å². The Morgan fingerprint density at radius 1 is 1.08 bits per heavy atom. The molecular formula is C18H26ClN3O2. The zero-order chi connectivity index (χ0) is 17.5. The molecule has 0 aromatic heterocycles. The minimum Gasteiger partial charge on any atom is -0.368 e. The van der Waals surface area contributed by atoms with Gasteiger partial charge in [0.25, 0.3) is 0 Å². The summed E-state index contributed by atoms with van der Waals surface area (Å²) >= 11 is 6.03. The molecule has 1 saturated heterocycles. The number of halogens is 1. The molecule has 1 fully saturated rings. The van der Waals surface area contributed by atoms with E-state index >= 15 is 0 Å². The van der Waals surface area contributed by atoms with Crippen molar-refractivity contribution >= 4 is 29.0 Å². The van der Waals surface area contributed by atoms with Crippen molar-refractivity contribution in [3.63, 3.8) is 0 Å². The molecule has 0 bridgehead atoms. The molecule has 1 aliphatic rings. The van der Waals surface area contributed by atoms with Crippen LogP contribution < -0.4 is 4.90 Å². The van der Waals surface area contributed by atoms with Gasteiger partial charge in [0.2, 0.25) is 5.91 Å². The van der Waals surface area contributed by atoms with Crippen molar-refractivity contribution in [3.8, 4) is 0 Å². The van der Waals surface area contributed by atoms with Crippen molar-refractivity contribution in [1.82, 2.24) is 9.80 Å². The maximum atomic E-state index is 12.3. The highest BCUT2D eigenvalue weighted by molar-refractivity contribution is 6.30. The fourth-order valence-electron chi connectivity index (χ4n) is 2.76. The Kier molecular flexibility index (Phi) is 7.06. The maximum absolute atomic E-state index is 12.3. The lowest BCUT2D eigenvalue weighted by Gasteiger charge is -2.36. The van der Waals surface area contributed by atoms with Crippen LogP contribution in [0, 0.1) is 0 Å². The number of hydrogen-bond acceptors (Lipinski definition) is 4. The van der Waals surface area contributed by atoms with Crippen LogP contribution >= 0.6 is 11.6 Å². The highest BCUT2D eigenvalue weighted by Gasteiger charge is 2.21. The Hall–Kier alpha value is -1.59. The van der Waals surface area contributed by atoms with Crippen molar-refractivity contribution in [3.05, 3.63) is 29.3 Å². The van der Waals surface area contributed by atoms with Gasteiger partial charge in [0.15, 0.2) is 0 Å². The van der Waals surface area contributed by atoms with E-state index in [1.54, 1.807) is 0 Å². The SMILES string of the molecule is CN(C)CCC(=O)CCC(=O)N1CCN(c2cccc(Cl)c2)CC1. The third-order valence-corrected chi connectivity index (χ3v) is 4.50. The highest BCUT2D eigenvalue weighted by atomic mass is 35.5. The topological polar surface area (TPSA) is 43.9 Å². The summed E-state index contributed by atoms with van der Waals surface area (Å²) in [6.07, 6.45) is 1.19. The van der Waals surface area contributed by atoms with Crippen LogP contribution in [-0.2, 0) is 9.59 Å². The second-order valence-electron chi connectivity index (χ2n) is 6.44. The predicted molar refractivity (Wildman–Crippen MR) is 97.7 cm³/mol. The zero-order valence-electron chi connectivity index (χ0n) is 14.5. The van der Waals surface area contributed by atoms with E-state index in [1.165, 1.54) is 0 Å². The number of ketones is 1. The number of nitrogens with zero attached hydrogens (tertiary/aromatic N) is 3. The van der Waals surface area contributed by atoms with Crippen molar-refractivity contribution in [2.24, 2.45) is 0 Å². The first-order valence-corrected chi connectivity index (χ1v) is 8.78. The number of benzene rings is 1. The molecule has 1 aliphatic heterocycles. The third-order valence-electron chi connectivity index (χ3n) is 4.26. The molecule has 0 saturated carbocycles. The lowest BCUT2D eigenvalue weighted by molar-refractivity contribution is -0.133. The van der Waals surface area contributed by atoms with Gasteiger partial charge >= 0.3 is 0 Å². The first kappa shape index (κ1) is 18.7. The summed E-state index contributed by atoms with van der Waals surface area (Å²) in [5, 5.41) is 0.724. The maximum Gasteiger partial charge on any atom is 0.223 e. The summed E-state index contributed by atoms with van der Waals surface area (Å²) in [7, 11) is 3.88. The van der Waals surface area contributed by atoms with Crippen LogP contribution in [0.3, 0.4) is 0 Å². The Labute approximate surface area is 149 Å². The van der Waals surface area contributed by atoms with Gasteiger partial charge in [0.05, 0.1) is 0 Å². The average molecular weight is 352 g/mol. The Morgan fingerprint density at radius 3 is 2.42 bits per heavy atom. The Morgan fingerprint density at radius 2 is 1.79 bits per heavy atom. The number of carbonyl (C=O) groups excluding carboxylic acids is 2. The van der Waals surface area contributed by atoms with E-state index < -0.39 is 0 Å². The van der Waals surface area contributed by atoms with Crippen molar-refractivity contribution in [1.29, 1.82) is 0 Å². The van der Waals surface area contributed by atoms with Crippen LogP contribution in [0.4, 0.5) is 5.69 Å². The number of Topliss-reactive ketones (excluding diaryl/α,β-unsaturated/α-hetero) is 1. The highest BCUT2D eigenvalue weighted by Crippen LogP contribution is 2.21. The average Bonchev–Trinajstić information content (AvgIpc) is 2.58. The fourth-order valence-corrected chi connectivity index (χ4v) is 2.95. The van der Waals surface area contributed by atoms with Gasteiger partial charge in [-0.3, -0.25) is 9.59 Å². The molecule has 24 heavy (non-hydrogen) atoms. The van der Waals surface area contributed by atoms with Crippen LogP contribution in [0.15, 0.2) is 24.3 Å². The Bertz CT molecular complexity index is 569. The molecule has 2 rings (SSSR count). The number of rotatable bonds is 7. The molecule has 0 aliphatic carbocycles. The molecule has 1 aromatic carbocycles. The van der Waals surface area contributed by atoms with Crippen LogP contribution in [0.2, 0.25) is 5.02 Å². The number of amides is 1. The largest absolute Gasteiger partial charge is 0.368 e.